The van der Waals surface area contributed by atoms with Crippen LogP contribution in [0.4, 0.5) is 5.69 Å². The van der Waals surface area contributed by atoms with Crippen LogP contribution in [0.25, 0.3) is 0 Å². The van der Waals surface area contributed by atoms with E-state index in [1.165, 1.54) is 30.8 Å². The predicted molar refractivity (Wildman–Crippen MR) is 74.6 cm³/mol. The summed E-state index contributed by atoms with van der Waals surface area (Å²) in [6.45, 7) is 8.05. The number of hydrogen-bond donors (Lipinski definition) is 1. The summed E-state index contributed by atoms with van der Waals surface area (Å²) in [4.78, 5) is 2.37. The average Bonchev–Trinajstić information content (AvgIpc) is 2.23. The SMILES string of the molecule is CC(C)Cc1ccc(N(C)CC2CNC2)cc1. The monoisotopic (exact) mass is 232 g/mol. The summed E-state index contributed by atoms with van der Waals surface area (Å²) >= 11 is 0. The first kappa shape index (κ1) is 12.4. The zero-order valence-corrected chi connectivity index (χ0v) is 11.2. The van der Waals surface area contributed by atoms with Gasteiger partial charge >= 0.3 is 0 Å². The van der Waals surface area contributed by atoms with Crippen molar-refractivity contribution < 1.29 is 0 Å². The van der Waals surface area contributed by atoms with Gasteiger partial charge in [0.2, 0.25) is 0 Å². The van der Waals surface area contributed by atoms with E-state index in [1.807, 2.05) is 0 Å². The molecule has 0 spiro atoms. The molecule has 1 aromatic rings. The molecule has 1 aromatic carbocycles. The third kappa shape index (κ3) is 3.47. The van der Waals surface area contributed by atoms with Gasteiger partial charge in [-0.2, -0.15) is 0 Å². The summed E-state index contributed by atoms with van der Waals surface area (Å²) in [5.74, 6) is 1.56. The van der Waals surface area contributed by atoms with E-state index in [9.17, 15) is 0 Å². The van der Waals surface area contributed by atoms with Crippen molar-refractivity contribution in [3.8, 4) is 0 Å². The maximum Gasteiger partial charge on any atom is 0.0363 e. The Labute approximate surface area is 105 Å². The van der Waals surface area contributed by atoms with Gasteiger partial charge in [0.25, 0.3) is 0 Å². The minimum atomic E-state index is 0.736. The molecule has 0 atom stereocenters. The highest BCUT2D eigenvalue weighted by Gasteiger charge is 2.18. The Hall–Kier alpha value is -1.02. The molecular weight excluding hydrogens is 208 g/mol. The fourth-order valence-electron chi connectivity index (χ4n) is 2.33. The second-order valence-electron chi connectivity index (χ2n) is 5.67. The number of nitrogens with one attached hydrogen (secondary N) is 1. The average molecular weight is 232 g/mol. The van der Waals surface area contributed by atoms with Gasteiger partial charge in [0.05, 0.1) is 0 Å². The minimum Gasteiger partial charge on any atom is -0.374 e. The molecule has 2 heteroatoms. The Morgan fingerprint density at radius 3 is 2.35 bits per heavy atom. The lowest BCUT2D eigenvalue weighted by Gasteiger charge is -2.32. The van der Waals surface area contributed by atoms with E-state index in [4.69, 9.17) is 0 Å². The summed E-state index contributed by atoms with van der Waals surface area (Å²) in [5.41, 5.74) is 2.78. The van der Waals surface area contributed by atoms with E-state index in [0.717, 1.165) is 18.4 Å². The molecule has 17 heavy (non-hydrogen) atoms. The Bertz CT molecular complexity index is 338. The van der Waals surface area contributed by atoms with Crippen LogP contribution in [-0.2, 0) is 6.42 Å². The molecule has 0 radical (unpaired) electrons. The standard InChI is InChI=1S/C15H24N2/c1-12(2)8-13-4-6-15(7-5-13)17(3)11-14-9-16-10-14/h4-7,12,14,16H,8-11H2,1-3H3. The number of anilines is 1. The number of nitrogens with zero attached hydrogens (tertiary/aromatic N) is 1. The van der Waals surface area contributed by atoms with Crippen LogP contribution < -0.4 is 10.2 Å². The van der Waals surface area contributed by atoms with Gasteiger partial charge in [0, 0.05) is 38.3 Å². The van der Waals surface area contributed by atoms with Gasteiger partial charge in [0.1, 0.15) is 0 Å². The topological polar surface area (TPSA) is 15.3 Å². The van der Waals surface area contributed by atoms with Crippen LogP contribution >= 0.6 is 0 Å². The largest absolute Gasteiger partial charge is 0.374 e. The molecule has 0 amide bonds. The van der Waals surface area contributed by atoms with Crippen molar-refractivity contribution in [2.75, 3.05) is 31.6 Å². The summed E-state index contributed by atoms with van der Waals surface area (Å²) < 4.78 is 0. The molecule has 0 aliphatic carbocycles. The van der Waals surface area contributed by atoms with Gasteiger partial charge in [-0.3, -0.25) is 0 Å². The molecule has 1 aliphatic heterocycles. The van der Waals surface area contributed by atoms with Crippen molar-refractivity contribution in [1.82, 2.24) is 5.32 Å². The highest BCUT2D eigenvalue weighted by Crippen LogP contribution is 2.18. The van der Waals surface area contributed by atoms with Crippen LogP contribution in [0.15, 0.2) is 24.3 Å². The third-order valence-corrected chi connectivity index (χ3v) is 3.42. The lowest BCUT2D eigenvalue weighted by molar-refractivity contribution is 0.353. The summed E-state index contributed by atoms with van der Waals surface area (Å²) in [6.07, 6.45) is 1.18. The normalized spacial score (nSPS) is 16.0. The molecule has 0 bridgehead atoms. The van der Waals surface area contributed by atoms with Crippen molar-refractivity contribution in [2.24, 2.45) is 11.8 Å². The van der Waals surface area contributed by atoms with E-state index < -0.39 is 0 Å². The van der Waals surface area contributed by atoms with Gasteiger partial charge < -0.3 is 10.2 Å². The maximum absolute atomic E-state index is 3.32. The first-order valence-corrected chi connectivity index (χ1v) is 6.66. The molecule has 1 heterocycles. The Balaban J connectivity index is 1.91. The van der Waals surface area contributed by atoms with E-state index in [-0.39, 0.29) is 0 Å². The molecule has 0 unspecified atom stereocenters. The highest BCUT2D eigenvalue weighted by atomic mass is 15.1. The van der Waals surface area contributed by atoms with Crippen molar-refractivity contribution >= 4 is 5.69 Å². The van der Waals surface area contributed by atoms with Crippen molar-refractivity contribution in [3.63, 3.8) is 0 Å². The summed E-state index contributed by atoms with van der Waals surface area (Å²) in [6, 6.07) is 9.04. The fourth-order valence-corrected chi connectivity index (χ4v) is 2.33. The van der Waals surface area contributed by atoms with Gasteiger partial charge in [0.15, 0.2) is 0 Å². The lowest BCUT2D eigenvalue weighted by Crippen LogP contribution is -2.47. The fraction of sp³-hybridized carbons (Fsp3) is 0.600. The van der Waals surface area contributed by atoms with Gasteiger partial charge in [-0.1, -0.05) is 26.0 Å². The molecule has 1 aliphatic rings. The second-order valence-corrected chi connectivity index (χ2v) is 5.67. The summed E-state index contributed by atoms with van der Waals surface area (Å²) in [5, 5.41) is 3.32. The zero-order chi connectivity index (χ0) is 12.3. The molecule has 2 nitrogen and oxygen atoms in total. The molecule has 0 saturated carbocycles. The second kappa shape index (κ2) is 5.54. The van der Waals surface area contributed by atoms with Crippen LogP contribution in [0.3, 0.4) is 0 Å². The van der Waals surface area contributed by atoms with Crippen molar-refractivity contribution in [3.05, 3.63) is 29.8 Å². The lowest BCUT2D eigenvalue weighted by atomic mass is 10.0. The van der Waals surface area contributed by atoms with Crippen LogP contribution in [0, 0.1) is 11.8 Å². The minimum absolute atomic E-state index is 0.736. The zero-order valence-electron chi connectivity index (χ0n) is 11.2. The predicted octanol–water partition coefficient (Wildman–Crippen LogP) is 2.54. The Kier molecular flexibility index (Phi) is 4.06. The van der Waals surface area contributed by atoms with E-state index in [0.29, 0.717) is 0 Å². The number of benzene rings is 1. The van der Waals surface area contributed by atoms with Crippen molar-refractivity contribution in [1.29, 1.82) is 0 Å². The van der Waals surface area contributed by atoms with E-state index >= 15 is 0 Å². The molecular formula is C15H24N2. The van der Waals surface area contributed by atoms with Crippen LogP contribution in [0.2, 0.25) is 0 Å². The molecule has 1 N–H and O–H groups in total. The van der Waals surface area contributed by atoms with Crippen LogP contribution in [0.5, 0.6) is 0 Å². The van der Waals surface area contributed by atoms with Crippen molar-refractivity contribution in [2.45, 2.75) is 20.3 Å². The van der Waals surface area contributed by atoms with Gasteiger partial charge in [-0.15, -0.1) is 0 Å². The number of hydrogen-bond acceptors (Lipinski definition) is 2. The molecule has 1 fully saturated rings. The van der Waals surface area contributed by atoms with E-state index in [2.05, 4.69) is 55.4 Å². The van der Waals surface area contributed by atoms with Crippen LogP contribution in [0.1, 0.15) is 19.4 Å². The van der Waals surface area contributed by atoms with Gasteiger partial charge in [-0.05, 0) is 30.0 Å². The summed E-state index contributed by atoms with van der Waals surface area (Å²) in [7, 11) is 2.19. The molecule has 94 valence electrons. The first-order valence-electron chi connectivity index (χ1n) is 6.66. The third-order valence-electron chi connectivity index (χ3n) is 3.42. The Morgan fingerprint density at radius 2 is 1.88 bits per heavy atom. The first-order chi connectivity index (χ1) is 8.15. The smallest absolute Gasteiger partial charge is 0.0363 e. The van der Waals surface area contributed by atoms with Gasteiger partial charge in [-0.25, -0.2) is 0 Å². The van der Waals surface area contributed by atoms with E-state index in [1.54, 1.807) is 0 Å². The highest BCUT2D eigenvalue weighted by molar-refractivity contribution is 5.47. The molecule has 2 rings (SSSR count). The van der Waals surface area contributed by atoms with Crippen LogP contribution in [-0.4, -0.2) is 26.7 Å². The number of rotatable bonds is 5. The quantitative estimate of drug-likeness (QED) is 0.839. The molecule has 1 saturated heterocycles. The Morgan fingerprint density at radius 1 is 1.24 bits per heavy atom. The maximum atomic E-state index is 3.32. The molecule has 0 aromatic heterocycles.